The van der Waals surface area contributed by atoms with Gasteiger partial charge in [-0.2, -0.15) is 0 Å². The highest BCUT2D eigenvalue weighted by molar-refractivity contribution is 5.77. The van der Waals surface area contributed by atoms with E-state index in [2.05, 4.69) is 4.98 Å². The van der Waals surface area contributed by atoms with Crippen LogP contribution in [0.25, 0.3) is 0 Å². The van der Waals surface area contributed by atoms with Gasteiger partial charge in [-0.25, -0.2) is 4.79 Å². The first kappa shape index (κ1) is 12.8. The lowest BCUT2D eigenvalue weighted by Crippen LogP contribution is -2.46. The number of pyridine rings is 1. The summed E-state index contributed by atoms with van der Waals surface area (Å²) in [7, 11) is 1.82. The SMILES string of the molecule is CN1C(=O)N(CC(C)(C)N)CC1c1cccnc1. The summed E-state index contributed by atoms with van der Waals surface area (Å²) in [4.78, 5) is 19.8. The molecule has 0 aliphatic carbocycles. The first-order valence-electron chi connectivity index (χ1n) is 6.09. The quantitative estimate of drug-likeness (QED) is 0.875. The molecule has 0 aromatic carbocycles. The van der Waals surface area contributed by atoms with E-state index in [0.717, 1.165) is 5.56 Å². The second-order valence-electron chi connectivity index (χ2n) is 5.56. The maximum absolute atomic E-state index is 12.1. The maximum Gasteiger partial charge on any atom is 0.320 e. The standard InChI is InChI=1S/C13H20N4O/c1-13(2,14)9-17-8-11(16(3)12(17)18)10-5-4-6-15-7-10/h4-7,11H,8-9,14H2,1-3H3. The number of rotatable bonds is 3. The van der Waals surface area contributed by atoms with Crippen molar-refractivity contribution in [3.63, 3.8) is 0 Å². The second kappa shape index (κ2) is 4.57. The molecule has 0 radical (unpaired) electrons. The predicted molar refractivity (Wildman–Crippen MR) is 70.0 cm³/mol. The van der Waals surface area contributed by atoms with Crippen LogP contribution in [0.15, 0.2) is 24.5 Å². The molecule has 18 heavy (non-hydrogen) atoms. The minimum Gasteiger partial charge on any atom is -0.324 e. The van der Waals surface area contributed by atoms with Gasteiger partial charge in [0.25, 0.3) is 0 Å². The summed E-state index contributed by atoms with van der Waals surface area (Å²) in [5.41, 5.74) is 6.67. The van der Waals surface area contributed by atoms with E-state index in [1.54, 1.807) is 16.0 Å². The molecule has 2 amide bonds. The highest BCUT2D eigenvalue weighted by Crippen LogP contribution is 2.28. The lowest BCUT2D eigenvalue weighted by Gasteiger charge is -2.25. The summed E-state index contributed by atoms with van der Waals surface area (Å²) in [5.74, 6) is 0. The predicted octanol–water partition coefficient (Wildman–Crippen LogP) is 1.23. The lowest BCUT2D eigenvalue weighted by atomic mass is 10.1. The fourth-order valence-electron chi connectivity index (χ4n) is 2.29. The Hall–Kier alpha value is -1.62. The Morgan fingerprint density at radius 2 is 2.28 bits per heavy atom. The number of hydrogen-bond donors (Lipinski definition) is 1. The number of hydrogen-bond acceptors (Lipinski definition) is 3. The zero-order valence-corrected chi connectivity index (χ0v) is 11.1. The van der Waals surface area contributed by atoms with Gasteiger partial charge in [0.05, 0.1) is 6.04 Å². The van der Waals surface area contributed by atoms with Gasteiger partial charge in [-0.15, -0.1) is 0 Å². The molecule has 1 atom stereocenters. The van der Waals surface area contributed by atoms with Crippen molar-refractivity contribution >= 4 is 6.03 Å². The van der Waals surface area contributed by atoms with Crippen LogP contribution in [0.5, 0.6) is 0 Å². The Labute approximate surface area is 108 Å². The minimum atomic E-state index is -0.375. The lowest BCUT2D eigenvalue weighted by molar-refractivity contribution is 0.188. The van der Waals surface area contributed by atoms with Crippen molar-refractivity contribution < 1.29 is 4.79 Å². The third-order valence-corrected chi connectivity index (χ3v) is 3.10. The van der Waals surface area contributed by atoms with Crippen LogP contribution >= 0.6 is 0 Å². The summed E-state index contributed by atoms with van der Waals surface area (Å²) in [5, 5.41) is 0. The number of amides is 2. The van der Waals surface area contributed by atoms with Gasteiger partial charge in [0.1, 0.15) is 0 Å². The highest BCUT2D eigenvalue weighted by Gasteiger charge is 2.37. The third-order valence-electron chi connectivity index (χ3n) is 3.10. The fourth-order valence-corrected chi connectivity index (χ4v) is 2.29. The van der Waals surface area contributed by atoms with Gasteiger partial charge in [-0.3, -0.25) is 4.98 Å². The Kier molecular flexibility index (Phi) is 3.26. The number of carbonyl (C=O) groups is 1. The number of carbonyl (C=O) groups excluding carboxylic acids is 1. The van der Waals surface area contributed by atoms with Gasteiger partial charge in [-0.05, 0) is 25.5 Å². The van der Waals surface area contributed by atoms with E-state index >= 15 is 0 Å². The molecule has 1 unspecified atom stereocenters. The highest BCUT2D eigenvalue weighted by atomic mass is 16.2. The van der Waals surface area contributed by atoms with Crippen molar-refractivity contribution in [2.75, 3.05) is 20.1 Å². The molecule has 1 aliphatic heterocycles. The van der Waals surface area contributed by atoms with Gasteiger partial charge < -0.3 is 15.5 Å². The molecule has 2 rings (SSSR count). The fraction of sp³-hybridized carbons (Fsp3) is 0.538. The molecule has 0 bridgehead atoms. The van der Waals surface area contributed by atoms with Crippen molar-refractivity contribution in [1.82, 2.24) is 14.8 Å². The largest absolute Gasteiger partial charge is 0.324 e. The number of aromatic nitrogens is 1. The van der Waals surface area contributed by atoms with Crippen molar-refractivity contribution in [2.24, 2.45) is 5.73 Å². The Bertz CT molecular complexity index is 426. The molecular formula is C13H20N4O. The van der Waals surface area contributed by atoms with E-state index < -0.39 is 0 Å². The van der Waals surface area contributed by atoms with E-state index in [-0.39, 0.29) is 17.6 Å². The molecule has 2 heterocycles. The van der Waals surface area contributed by atoms with Crippen molar-refractivity contribution in [2.45, 2.75) is 25.4 Å². The zero-order chi connectivity index (χ0) is 13.3. The van der Waals surface area contributed by atoms with Crippen LogP contribution in [0.2, 0.25) is 0 Å². The first-order valence-corrected chi connectivity index (χ1v) is 6.09. The van der Waals surface area contributed by atoms with Crippen LogP contribution in [0.1, 0.15) is 25.5 Å². The number of likely N-dealkylation sites (N-methyl/N-ethyl adjacent to an activating group) is 1. The normalized spacial score (nSPS) is 20.7. The van der Waals surface area contributed by atoms with Crippen molar-refractivity contribution in [1.29, 1.82) is 0 Å². The molecule has 0 saturated carbocycles. The second-order valence-corrected chi connectivity index (χ2v) is 5.56. The molecule has 0 spiro atoms. The summed E-state index contributed by atoms with van der Waals surface area (Å²) >= 11 is 0. The van der Waals surface area contributed by atoms with E-state index in [1.807, 2.05) is 39.2 Å². The molecule has 1 aromatic rings. The molecule has 1 aliphatic rings. The van der Waals surface area contributed by atoms with Gasteiger partial charge in [0, 0.05) is 38.1 Å². The smallest absolute Gasteiger partial charge is 0.320 e. The summed E-state index contributed by atoms with van der Waals surface area (Å²) in [6, 6.07) is 3.98. The van der Waals surface area contributed by atoms with Gasteiger partial charge in [-0.1, -0.05) is 6.07 Å². The molecule has 5 nitrogen and oxygen atoms in total. The molecular weight excluding hydrogens is 228 g/mol. The number of nitrogens with zero attached hydrogens (tertiary/aromatic N) is 3. The Balaban J connectivity index is 2.15. The van der Waals surface area contributed by atoms with Crippen LogP contribution in [-0.2, 0) is 0 Å². The van der Waals surface area contributed by atoms with Crippen LogP contribution in [0.4, 0.5) is 4.79 Å². The zero-order valence-electron chi connectivity index (χ0n) is 11.1. The van der Waals surface area contributed by atoms with Crippen LogP contribution in [-0.4, -0.2) is 46.5 Å². The molecule has 1 aromatic heterocycles. The topological polar surface area (TPSA) is 62.5 Å². The monoisotopic (exact) mass is 248 g/mol. The van der Waals surface area contributed by atoms with E-state index in [0.29, 0.717) is 13.1 Å². The average Bonchev–Trinajstić information content (AvgIpc) is 2.57. The van der Waals surface area contributed by atoms with Crippen molar-refractivity contribution in [3.8, 4) is 0 Å². The average molecular weight is 248 g/mol. The Morgan fingerprint density at radius 1 is 1.56 bits per heavy atom. The van der Waals surface area contributed by atoms with Crippen molar-refractivity contribution in [3.05, 3.63) is 30.1 Å². The molecule has 98 valence electrons. The molecule has 2 N–H and O–H groups in total. The Morgan fingerprint density at radius 3 is 2.83 bits per heavy atom. The summed E-state index contributed by atoms with van der Waals surface area (Å²) < 4.78 is 0. The summed E-state index contributed by atoms with van der Waals surface area (Å²) in [6.07, 6.45) is 3.55. The molecule has 1 fully saturated rings. The minimum absolute atomic E-state index is 0.0300. The summed E-state index contributed by atoms with van der Waals surface area (Å²) in [6.45, 7) is 5.09. The molecule has 1 saturated heterocycles. The van der Waals surface area contributed by atoms with E-state index in [4.69, 9.17) is 5.73 Å². The first-order chi connectivity index (χ1) is 8.38. The van der Waals surface area contributed by atoms with Gasteiger partial charge in [0.15, 0.2) is 0 Å². The maximum atomic E-state index is 12.1. The van der Waals surface area contributed by atoms with E-state index in [1.165, 1.54) is 0 Å². The van der Waals surface area contributed by atoms with Gasteiger partial charge in [0.2, 0.25) is 0 Å². The van der Waals surface area contributed by atoms with Crippen LogP contribution in [0, 0.1) is 0 Å². The van der Waals surface area contributed by atoms with E-state index in [9.17, 15) is 4.79 Å². The van der Waals surface area contributed by atoms with Crippen LogP contribution < -0.4 is 5.73 Å². The van der Waals surface area contributed by atoms with Gasteiger partial charge >= 0.3 is 6.03 Å². The third kappa shape index (κ3) is 2.61. The number of nitrogens with two attached hydrogens (primary N) is 1. The molecule has 5 heteroatoms. The number of urea groups is 1. The van der Waals surface area contributed by atoms with Crippen LogP contribution in [0.3, 0.4) is 0 Å².